The quantitative estimate of drug-likeness (QED) is 0.532. The highest BCUT2D eigenvalue weighted by Gasteiger charge is 2.32. The Balaban J connectivity index is 2.36. The molecule has 1 aliphatic carbocycles. The van der Waals surface area contributed by atoms with Crippen LogP contribution in [-0.4, -0.2) is 6.29 Å². The number of rotatable bonds is 5. The molecule has 2 aromatic rings. The molecule has 0 radical (unpaired) electrons. The third-order valence-electron chi connectivity index (χ3n) is 4.27. The zero-order chi connectivity index (χ0) is 15.7. The predicted octanol–water partition coefficient (Wildman–Crippen LogP) is 5.22. The number of hydrogen-bond donors (Lipinski definition) is 0. The highest BCUT2D eigenvalue weighted by Crippen LogP contribution is 2.48. The average molecular weight is 353 g/mol. The van der Waals surface area contributed by atoms with Crippen molar-refractivity contribution < 1.29 is 4.79 Å². The van der Waals surface area contributed by atoms with Crippen molar-refractivity contribution in [2.75, 3.05) is 0 Å². The topological polar surface area (TPSA) is 17.1 Å². The lowest BCUT2D eigenvalue weighted by molar-refractivity contribution is -0.108. The van der Waals surface area contributed by atoms with Crippen LogP contribution in [0, 0.1) is 0 Å². The van der Waals surface area contributed by atoms with E-state index in [0.717, 1.165) is 45.9 Å². The van der Waals surface area contributed by atoms with Gasteiger partial charge in [0.05, 0.1) is 5.92 Å². The van der Waals surface area contributed by atoms with E-state index in [9.17, 15) is 4.79 Å². The zero-order valence-electron chi connectivity index (χ0n) is 12.3. The van der Waals surface area contributed by atoms with E-state index in [0.29, 0.717) is 0 Å². The minimum Gasteiger partial charge on any atom is -0.302 e. The number of fused-ring (bicyclic) bond motifs is 3. The van der Waals surface area contributed by atoms with Crippen LogP contribution < -0.4 is 0 Å². The van der Waals surface area contributed by atoms with Crippen molar-refractivity contribution in [2.24, 2.45) is 0 Å². The molecule has 2 aromatic carbocycles. The summed E-state index contributed by atoms with van der Waals surface area (Å²) in [5, 5.41) is 0. The van der Waals surface area contributed by atoms with Gasteiger partial charge in [-0.3, -0.25) is 0 Å². The number of hydrogen-bond acceptors (Lipinski definition) is 1. The molecular formula is C20H17BrO. The molecule has 0 aliphatic heterocycles. The molecular weight excluding hydrogens is 336 g/mol. The van der Waals surface area contributed by atoms with Crippen LogP contribution >= 0.6 is 15.9 Å². The third kappa shape index (κ3) is 2.19. The Kier molecular flexibility index (Phi) is 4.12. The zero-order valence-corrected chi connectivity index (χ0v) is 13.9. The Labute approximate surface area is 139 Å². The fraction of sp³-hybridized carbons (Fsp3) is 0.150. The molecule has 0 bridgehead atoms. The van der Waals surface area contributed by atoms with Crippen molar-refractivity contribution in [3.05, 3.63) is 82.4 Å². The molecule has 1 atom stereocenters. The largest absolute Gasteiger partial charge is 0.302 e. The highest BCUT2D eigenvalue weighted by atomic mass is 79.9. The molecule has 0 fully saturated rings. The van der Waals surface area contributed by atoms with Crippen molar-refractivity contribution in [3.63, 3.8) is 0 Å². The van der Waals surface area contributed by atoms with Gasteiger partial charge in [0.2, 0.25) is 0 Å². The predicted molar refractivity (Wildman–Crippen MR) is 95.3 cm³/mol. The molecule has 0 saturated heterocycles. The smallest absolute Gasteiger partial charge is 0.131 e. The first kappa shape index (κ1) is 15.0. The Morgan fingerprint density at radius 1 is 1.05 bits per heavy atom. The monoisotopic (exact) mass is 352 g/mol. The lowest BCUT2D eigenvalue weighted by Crippen LogP contribution is -2.05. The molecule has 0 amide bonds. The Hall–Kier alpha value is -1.93. The fourth-order valence-electron chi connectivity index (χ4n) is 3.39. The second kappa shape index (κ2) is 6.05. The van der Waals surface area contributed by atoms with Crippen LogP contribution in [0.15, 0.2) is 60.1 Å². The summed E-state index contributed by atoms with van der Waals surface area (Å²) in [5.74, 6) is -0.183. The van der Waals surface area contributed by atoms with Gasteiger partial charge in [0.15, 0.2) is 0 Å². The summed E-state index contributed by atoms with van der Waals surface area (Å²) < 4.78 is 1.07. The summed E-state index contributed by atoms with van der Waals surface area (Å²) in [6.07, 6.45) is 6.39. The van der Waals surface area contributed by atoms with Crippen molar-refractivity contribution >= 4 is 22.2 Å². The summed E-state index contributed by atoms with van der Waals surface area (Å²) in [4.78, 5) is 11.8. The number of allylic oxidation sites excluding steroid dienone is 2. The number of carbonyl (C=O) groups excluding carboxylic acids is 1. The summed E-state index contributed by atoms with van der Waals surface area (Å²) >= 11 is 3.70. The second-order valence-corrected chi connectivity index (χ2v) is 6.32. The van der Waals surface area contributed by atoms with Crippen LogP contribution in [0.5, 0.6) is 0 Å². The molecule has 2 heteroatoms. The minimum absolute atomic E-state index is 0.183. The third-order valence-corrected chi connectivity index (χ3v) is 4.98. The molecule has 1 unspecified atom stereocenters. The molecule has 22 heavy (non-hydrogen) atoms. The summed E-state index contributed by atoms with van der Waals surface area (Å²) in [6, 6.07) is 10.3. The van der Waals surface area contributed by atoms with Crippen LogP contribution in [0.3, 0.4) is 0 Å². The van der Waals surface area contributed by atoms with Crippen molar-refractivity contribution in [2.45, 2.75) is 18.8 Å². The summed E-state index contributed by atoms with van der Waals surface area (Å²) in [5.41, 5.74) is 6.95. The summed E-state index contributed by atoms with van der Waals surface area (Å²) in [7, 11) is 0. The van der Waals surface area contributed by atoms with Gasteiger partial charge < -0.3 is 4.79 Å². The molecule has 110 valence electrons. The molecule has 1 aliphatic rings. The normalized spacial score (nSPS) is 15.0. The van der Waals surface area contributed by atoms with E-state index in [1.807, 2.05) is 30.4 Å². The van der Waals surface area contributed by atoms with Crippen LogP contribution in [0.25, 0.3) is 11.1 Å². The van der Waals surface area contributed by atoms with Crippen LogP contribution in [-0.2, 0) is 17.6 Å². The molecule has 0 saturated carbocycles. The number of benzene rings is 2. The van der Waals surface area contributed by atoms with E-state index >= 15 is 0 Å². The summed E-state index contributed by atoms with van der Waals surface area (Å²) in [6.45, 7) is 7.74. The van der Waals surface area contributed by atoms with E-state index in [1.54, 1.807) is 0 Å². The first-order chi connectivity index (χ1) is 10.7. The van der Waals surface area contributed by atoms with E-state index in [-0.39, 0.29) is 5.92 Å². The maximum atomic E-state index is 11.8. The van der Waals surface area contributed by atoms with Gasteiger partial charge in [0.25, 0.3) is 0 Å². The van der Waals surface area contributed by atoms with Crippen molar-refractivity contribution in [3.8, 4) is 11.1 Å². The maximum absolute atomic E-state index is 11.8. The van der Waals surface area contributed by atoms with Gasteiger partial charge >= 0.3 is 0 Å². The van der Waals surface area contributed by atoms with Gasteiger partial charge in [0, 0.05) is 4.47 Å². The molecule has 3 rings (SSSR count). The van der Waals surface area contributed by atoms with Crippen molar-refractivity contribution in [1.82, 2.24) is 0 Å². The van der Waals surface area contributed by atoms with Gasteiger partial charge in [-0.2, -0.15) is 0 Å². The van der Waals surface area contributed by atoms with Gasteiger partial charge in [-0.1, -0.05) is 52.3 Å². The van der Waals surface area contributed by atoms with Gasteiger partial charge in [-0.15, -0.1) is 13.2 Å². The number of halogens is 1. The van der Waals surface area contributed by atoms with Crippen LogP contribution in [0.4, 0.5) is 0 Å². The maximum Gasteiger partial charge on any atom is 0.131 e. The lowest BCUT2D eigenvalue weighted by atomic mass is 9.88. The van der Waals surface area contributed by atoms with Gasteiger partial charge in [-0.25, -0.2) is 0 Å². The molecule has 0 N–H and O–H groups in total. The molecule has 0 heterocycles. The Morgan fingerprint density at radius 3 is 2.41 bits per heavy atom. The lowest BCUT2D eigenvalue weighted by Gasteiger charge is -2.17. The first-order valence-electron chi connectivity index (χ1n) is 7.33. The van der Waals surface area contributed by atoms with Crippen LogP contribution in [0.1, 0.15) is 28.2 Å². The first-order valence-corrected chi connectivity index (χ1v) is 8.12. The van der Waals surface area contributed by atoms with E-state index in [1.165, 1.54) is 11.1 Å². The fourth-order valence-corrected chi connectivity index (χ4v) is 4.02. The van der Waals surface area contributed by atoms with Gasteiger partial charge in [-0.05, 0) is 52.3 Å². The molecule has 0 aromatic heterocycles. The minimum atomic E-state index is -0.183. The SMILES string of the molecule is C=CCc1c(Br)cc2c(c1CC=C)C(C=O)c1ccccc1-2. The van der Waals surface area contributed by atoms with E-state index in [4.69, 9.17) is 0 Å². The average Bonchev–Trinajstić information content (AvgIpc) is 2.84. The number of carbonyl (C=O) groups is 1. The van der Waals surface area contributed by atoms with E-state index in [2.05, 4.69) is 41.2 Å². The molecule has 1 nitrogen and oxygen atoms in total. The highest BCUT2D eigenvalue weighted by molar-refractivity contribution is 9.10. The van der Waals surface area contributed by atoms with Crippen molar-refractivity contribution in [1.29, 1.82) is 0 Å². The Bertz CT molecular complexity index is 774. The Morgan fingerprint density at radius 2 is 1.73 bits per heavy atom. The van der Waals surface area contributed by atoms with Gasteiger partial charge in [0.1, 0.15) is 6.29 Å². The standard InChI is InChI=1S/C20H17BrO/c1-3-7-15-16(8-4-2)20-17(11-19(15)21)13-9-5-6-10-14(13)18(20)12-22/h3-6,9-12,18H,1-2,7-8H2. The second-order valence-electron chi connectivity index (χ2n) is 5.46. The molecule has 0 spiro atoms. The van der Waals surface area contributed by atoms with E-state index < -0.39 is 0 Å². The van der Waals surface area contributed by atoms with Crippen LogP contribution in [0.2, 0.25) is 0 Å². The number of aldehydes is 1.